The molecule has 0 radical (unpaired) electrons. The topological polar surface area (TPSA) is 96.4 Å². The highest BCUT2D eigenvalue weighted by Crippen LogP contribution is 2.60. The smallest absolute Gasteiger partial charge is 0.312 e. The molecule has 212 valence electrons. The van der Waals surface area contributed by atoms with Crippen molar-refractivity contribution < 1.29 is 29.0 Å². The van der Waals surface area contributed by atoms with Gasteiger partial charge in [-0.1, -0.05) is 40.2 Å². The third-order valence-corrected chi connectivity index (χ3v) is 9.00. The van der Waals surface area contributed by atoms with E-state index in [1.165, 1.54) is 0 Å². The van der Waals surface area contributed by atoms with Crippen LogP contribution in [0.15, 0.2) is 43.5 Å². The van der Waals surface area contributed by atoms with E-state index in [9.17, 15) is 19.5 Å². The summed E-state index contributed by atoms with van der Waals surface area (Å²) in [6.45, 7) is 12.3. The Morgan fingerprint density at radius 2 is 2.03 bits per heavy atom. The number of alkyl halides is 1. The SMILES string of the molecule is C=CCCOC(=O)[C@H]1[C@@H]2OC3(CC2Br)C(C(=O)N(CC=C)c2cc(C)ccc2C)N(CCCCCO)C(=O)[C@H]13. The second-order valence-corrected chi connectivity index (χ2v) is 11.9. The molecule has 3 saturated heterocycles. The number of rotatable bonds is 13. The van der Waals surface area contributed by atoms with Gasteiger partial charge in [-0.25, -0.2) is 0 Å². The molecule has 0 aliphatic carbocycles. The van der Waals surface area contributed by atoms with E-state index in [2.05, 4.69) is 29.1 Å². The molecule has 3 fully saturated rings. The molecule has 1 aromatic carbocycles. The van der Waals surface area contributed by atoms with Gasteiger partial charge < -0.3 is 24.4 Å². The van der Waals surface area contributed by atoms with Gasteiger partial charge in [0.25, 0.3) is 5.91 Å². The molecule has 8 nitrogen and oxygen atoms in total. The molecule has 4 rings (SSSR count). The van der Waals surface area contributed by atoms with E-state index in [4.69, 9.17) is 9.47 Å². The molecule has 1 aromatic rings. The van der Waals surface area contributed by atoms with Gasteiger partial charge in [0.15, 0.2) is 0 Å². The van der Waals surface area contributed by atoms with Crippen molar-refractivity contribution in [3.8, 4) is 0 Å². The molecule has 3 heterocycles. The lowest BCUT2D eigenvalue weighted by Crippen LogP contribution is -2.57. The highest BCUT2D eigenvalue weighted by atomic mass is 79.9. The Hall–Kier alpha value is -2.49. The van der Waals surface area contributed by atoms with Crippen molar-refractivity contribution >= 4 is 39.4 Å². The first-order valence-corrected chi connectivity index (χ1v) is 14.6. The summed E-state index contributed by atoms with van der Waals surface area (Å²) in [5.74, 6) is -2.57. The van der Waals surface area contributed by atoms with E-state index in [0.29, 0.717) is 38.6 Å². The summed E-state index contributed by atoms with van der Waals surface area (Å²) in [4.78, 5) is 45.1. The maximum atomic E-state index is 14.6. The first kappa shape index (κ1) is 29.5. The molecule has 3 aliphatic rings. The maximum absolute atomic E-state index is 14.6. The predicted octanol–water partition coefficient (Wildman–Crippen LogP) is 3.85. The van der Waals surface area contributed by atoms with Crippen LogP contribution in [-0.4, -0.2) is 76.7 Å². The van der Waals surface area contributed by atoms with Crippen LogP contribution in [0.5, 0.6) is 0 Å². The minimum atomic E-state index is -1.15. The van der Waals surface area contributed by atoms with Gasteiger partial charge in [-0.05, 0) is 63.1 Å². The van der Waals surface area contributed by atoms with Crippen LogP contribution in [0.2, 0.25) is 0 Å². The first-order chi connectivity index (χ1) is 18.7. The van der Waals surface area contributed by atoms with Crippen LogP contribution in [0.1, 0.15) is 43.2 Å². The summed E-state index contributed by atoms with van der Waals surface area (Å²) >= 11 is 3.69. The molecular formula is C30H39BrN2O6. The predicted molar refractivity (Wildman–Crippen MR) is 153 cm³/mol. The molecule has 2 bridgehead atoms. The van der Waals surface area contributed by atoms with Crippen LogP contribution in [0, 0.1) is 25.7 Å². The third kappa shape index (κ3) is 5.33. The number of likely N-dealkylation sites (tertiary alicyclic amines) is 1. The van der Waals surface area contributed by atoms with Gasteiger partial charge in [0.05, 0.1) is 24.5 Å². The molecule has 6 atom stereocenters. The number of amides is 2. The van der Waals surface area contributed by atoms with Crippen molar-refractivity contribution in [2.45, 2.75) is 68.5 Å². The zero-order valence-corrected chi connectivity index (χ0v) is 24.4. The monoisotopic (exact) mass is 602 g/mol. The quantitative estimate of drug-likeness (QED) is 0.159. The highest BCUT2D eigenvalue weighted by Gasteiger charge is 2.77. The number of nitrogens with zero attached hydrogens (tertiary/aromatic N) is 2. The minimum Gasteiger partial charge on any atom is -0.465 e. The van der Waals surface area contributed by atoms with Gasteiger partial charge in [0.1, 0.15) is 11.6 Å². The van der Waals surface area contributed by atoms with E-state index in [1.54, 1.807) is 22.0 Å². The average Bonchev–Trinajstić information content (AvgIpc) is 3.50. The molecule has 39 heavy (non-hydrogen) atoms. The number of carbonyl (C=O) groups is 3. The van der Waals surface area contributed by atoms with Crippen molar-refractivity contribution in [1.82, 2.24) is 4.90 Å². The normalized spacial score (nSPS) is 28.9. The van der Waals surface area contributed by atoms with E-state index < -0.39 is 35.6 Å². The summed E-state index contributed by atoms with van der Waals surface area (Å²) in [5, 5.41) is 9.25. The highest BCUT2D eigenvalue weighted by molar-refractivity contribution is 9.09. The lowest BCUT2D eigenvalue weighted by Gasteiger charge is -2.37. The number of carbonyl (C=O) groups excluding carboxylic acids is 3. The number of aryl methyl sites for hydroxylation is 2. The van der Waals surface area contributed by atoms with Crippen LogP contribution in [0.3, 0.4) is 0 Å². The fourth-order valence-electron chi connectivity index (χ4n) is 6.42. The zero-order chi connectivity index (χ0) is 28.3. The molecule has 3 aliphatic heterocycles. The second-order valence-electron chi connectivity index (χ2n) is 10.8. The van der Waals surface area contributed by atoms with Gasteiger partial charge in [-0.2, -0.15) is 0 Å². The second kappa shape index (κ2) is 12.4. The standard InChI is InChI=1S/C30H39BrN2O6/c1-5-7-16-38-29(37)23-24-27(35)33(14-9-8-10-15-34)26(30(24)18-21(31)25(23)39-30)28(36)32(13-6-2)22-17-19(3)11-12-20(22)4/h5-6,11-12,17,21,23-26,34H,1-2,7-10,13-16,18H2,3-4H3/t21?,23-,24+,25-,26?,30?/m1/s1. The van der Waals surface area contributed by atoms with E-state index in [1.807, 2.05) is 32.0 Å². The first-order valence-electron chi connectivity index (χ1n) is 13.7. The summed E-state index contributed by atoms with van der Waals surface area (Å²) in [5.41, 5.74) is 1.55. The maximum Gasteiger partial charge on any atom is 0.312 e. The molecule has 3 unspecified atom stereocenters. The van der Waals surface area contributed by atoms with Gasteiger partial charge in [-0.15, -0.1) is 13.2 Å². The Balaban J connectivity index is 1.75. The van der Waals surface area contributed by atoms with Crippen LogP contribution < -0.4 is 4.90 Å². The number of esters is 1. The lowest BCUT2D eigenvalue weighted by atomic mass is 9.70. The number of unbranched alkanes of at least 4 members (excludes halogenated alkanes) is 2. The molecule has 0 aromatic heterocycles. The fraction of sp³-hybridized carbons (Fsp3) is 0.567. The number of anilines is 1. The molecular weight excluding hydrogens is 564 g/mol. The van der Waals surface area contributed by atoms with Crippen LogP contribution in [0.4, 0.5) is 5.69 Å². The van der Waals surface area contributed by atoms with Gasteiger partial charge in [0, 0.05) is 30.2 Å². The number of hydrogen-bond donors (Lipinski definition) is 1. The van der Waals surface area contributed by atoms with Crippen LogP contribution in [0.25, 0.3) is 0 Å². The Morgan fingerprint density at radius 3 is 2.72 bits per heavy atom. The van der Waals surface area contributed by atoms with E-state index in [0.717, 1.165) is 16.8 Å². The number of benzene rings is 1. The average molecular weight is 604 g/mol. The van der Waals surface area contributed by atoms with Gasteiger partial charge in [-0.3, -0.25) is 14.4 Å². The lowest BCUT2D eigenvalue weighted by molar-refractivity contribution is -0.154. The summed E-state index contributed by atoms with van der Waals surface area (Å²) in [7, 11) is 0. The molecule has 2 amide bonds. The summed E-state index contributed by atoms with van der Waals surface area (Å²) in [6.07, 6.45) is 5.68. The van der Waals surface area contributed by atoms with E-state index in [-0.39, 0.29) is 36.4 Å². The Kier molecular flexibility index (Phi) is 9.34. The van der Waals surface area contributed by atoms with Crippen molar-refractivity contribution in [1.29, 1.82) is 0 Å². The van der Waals surface area contributed by atoms with Crippen molar-refractivity contribution in [2.24, 2.45) is 11.8 Å². The molecule has 0 saturated carbocycles. The number of halogens is 1. The number of fused-ring (bicyclic) bond motifs is 1. The molecule has 1 spiro atoms. The van der Waals surface area contributed by atoms with Gasteiger partial charge >= 0.3 is 5.97 Å². The summed E-state index contributed by atoms with van der Waals surface area (Å²) < 4.78 is 12.1. The van der Waals surface area contributed by atoms with Gasteiger partial charge in [0.2, 0.25) is 5.91 Å². The van der Waals surface area contributed by atoms with E-state index >= 15 is 0 Å². The van der Waals surface area contributed by atoms with Crippen molar-refractivity contribution in [2.75, 3.05) is 31.2 Å². The van der Waals surface area contributed by atoms with Crippen molar-refractivity contribution in [3.63, 3.8) is 0 Å². The minimum absolute atomic E-state index is 0.0668. The number of aliphatic hydroxyl groups excluding tert-OH is 1. The van der Waals surface area contributed by atoms with Crippen molar-refractivity contribution in [3.05, 3.63) is 54.6 Å². The zero-order valence-electron chi connectivity index (χ0n) is 22.8. The molecule has 9 heteroatoms. The number of aliphatic hydroxyl groups is 1. The third-order valence-electron chi connectivity index (χ3n) is 8.15. The van der Waals surface area contributed by atoms with Crippen LogP contribution in [-0.2, 0) is 23.9 Å². The Morgan fingerprint density at radius 1 is 1.26 bits per heavy atom. The van der Waals surface area contributed by atoms with Crippen LogP contribution >= 0.6 is 15.9 Å². The Bertz CT molecular complexity index is 1120. The fourth-order valence-corrected chi connectivity index (χ4v) is 7.37. The number of ether oxygens (including phenoxy) is 2. The Labute approximate surface area is 239 Å². The largest absolute Gasteiger partial charge is 0.465 e. The summed E-state index contributed by atoms with van der Waals surface area (Å²) in [6, 6.07) is 5.04. The molecule has 1 N–H and O–H groups in total. The number of hydrogen-bond acceptors (Lipinski definition) is 6.